The highest BCUT2D eigenvalue weighted by Crippen LogP contribution is 2.05. The molecule has 0 aliphatic rings. The van der Waals surface area contributed by atoms with Gasteiger partial charge in [-0.3, -0.25) is 0 Å². The van der Waals surface area contributed by atoms with E-state index in [1.807, 2.05) is 0 Å². The maximum Gasteiger partial charge on any atom is 0.218 e. The Hall–Kier alpha value is -0.740. The molecular weight excluding hydrogens is 201 g/mol. The molecule has 2 N–H and O–H groups in total. The number of hydrogen-bond donors (Lipinski definition) is 1. The number of methoxy groups -OCH3 is 1. The number of aromatic nitrogens is 2. The Morgan fingerprint density at radius 1 is 1.50 bits per heavy atom. The molecule has 1 aromatic heterocycles. The van der Waals surface area contributed by atoms with E-state index in [1.54, 1.807) is 6.07 Å². The molecule has 0 aliphatic carbocycles. The summed E-state index contributed by atoms with van der Waals surface area (Å²) in [5.74, 6) is 0.907. The monoisotopic (exact) mass is 209 g/mol. The van der Waals surface area contributed by atoms with Gasteiger partial charge < -0.3 is 10.5 Å². The topological polar surface area (TPSA) is 61.0 Å². The molecule has 1 aromatic rings. The first-order valence-corrected chi connectivity index (χ1v) is 4.05. The lowest BCUT2D eigenvalue weighted by Gasteiger charge is -1.95. The predicted molar refractivity (Wildman–Crippen MR) is 49.6 cm³/mol. The van der Waals surface area contributed by atoms with Crippen LogP contribution in [0.3, 0.4) is 0 Å². The number of anilines is 1. The molecule has 0 spiro atoms. The van der Waals surface area contributed by atoms with Gasteiger partial charge in [0.25, 0.3) is 0 Å². The third-order valence-electron chi connectivity index (χ3n) is 0.872. The first-order valence-electron chi connectivity index (χ1n) is 2.98. The van der Waals surface area contributed by atoms with E-state index in [9.17, 15) is 0 Å². The number of halogens is 2. The Morgan fingerprint density at radius 3 is 2.42 bits per heavy atom. The van der Waals surface area contributed by atoms with Gasteiger partial charge in [-0.1, -0.05) is 0 Å². The maximum atomic E-state index is 5.30. The van der Waals surface area contributed by atoms with Crippen molar-refractivity contribution in [2.45, 2.75) is 0 Å². The lowest BCUT2D eigenvalue weighted by molar-refractivity contribution is 0.397. The second-order valence-corrected chi connectivity index (χ2v) is 2.39. The minimum atomic E-state index is 0.194. The Morgan fingerprint density at radius 2 is 2.08 bits per heavy atom. The molecule has 0 aromatic carbocycles. The zero-order valence-corrected chi connectivity index (χ0v) is 8.01. The fourth-order valence-corrected chi connectivity index (χ4v) is 0.465. The highest BCUT2D eigenvalue weighted by atomic mass is 35.5. The van der Waals surface area contributed by atoms with Crippen LogP contribution in [0.2, 0.25) is 0 Å². The largest absolute Gasteiger partial charge is 0.481 e. The highest BCUT2D eigenvalue weighted by Gasteiger charge is 1.90. The molecule has 0 saturated heterocycles. The SMILES string of the molecule is COc1cc(N)ncn1.ClCCl. The molecule has 0 fully saturated rings. The van der Waals surface area contributed by atoms with Crippen molar-refractivity contribution in [3.8, 4) is 5.88 Å². The third-order valence-corrected chi connectivity index (χ3v) is 0.872. The molecule has 4 nitrogen and oxygen atoms in total. The average Bonchev–Trinajstić information content (AvgIpc) is 2.06. The fraction of sp³-hybridized carbons (Fsp3) is 0.333. The van der Waals surface area contributed by atoms with Crippen LogP contribution in [0.15, 0.2) is 12.4 Å². The van der Waals surface area contributed by atoms with Gasteiger partial charge in [-0.2, -0.15) is 0 Å². The van der Waals surface area contributed by atoms with E-state index in [0.29, 0.717) is 11.7 Å². The van der Waals surface area contributed by atoms with Crippen molar-refractivity contribution in [3.63, 3.8) is 0 Å². The normalized spacial score (nSPS) is 8.25. The number of hydrogen-bond acceptors (Lipinski definition) is 4. The van der Waals surface area contributed by atoms with Gasteiger partial charge in [0.1, 0.15) is 12.1 Å². The van der Waals surface area contributed by atoms with Crippen molar-refractivity contribution in [2.75, 3.05) is 18.2 Å². The van der Waals surface area contributed by atoms with Gasteiger partial charge >= 0.3 is 0 Å². The maximum absolute atomic E-state index is 5.30. The summed E-state index contributed by atoms with van der Waals surface area (Å²) < 4.78 is 4.76. The molecule has 1 rings (SSSR count). The minimum absolute atomic E-state index is 0.194. The first kappa shape index (κ1) is 11.3. The summed E-state index contributed by atoms with van der Waals surface area (Å²) >= 11 is 9.53. The molecule has 0 radical (unpaired) electrons. The Kier molecular flexibility index (Phi) is 6.51. The van der Waals surface area contributed by atoms with Crippen LogP contribution in [-0.4, -0.2) is 22.4 Å². The summed E-state index contributed by atoms with van der Waals surface area (Å²) in [6, 6.07) is 1.56. The van der Waals surface area contributed by atoms with Crippen LogP contribution in [0.25, 0.3) is 0 Å². The number of nitrogens with two attached hydrogens (primary N) is 1. The molecular formula is C6H9Cl2N3O. The summed E-state index contributed by atoms with van der Waals surface area (Å²) in [5, 5.41) is 0.194. The minimum Gasteiger partial charge on any atom is -0.481 e. The molecule has 0 aliphatic heterocycles. The van der Waals surface area contributed by atoms with Gasteiger partial charge in [0.2, 0.25) is 5.88 Å². The molecule has 0 unspecified atom stereocenters. The van der Waals surface area contributed by atoms with Crippen LogP contribution in [0.5, 0.6) is 5.88 Å². The molecule has 68 valence electrons. The molecule has 0 atom stereocenters. The van der Waals surface area contributed by atoms with Crippen molar-refractivity contribution in [1.82, 2.24) is 9.97 Å². The molecule has 6 heteroatoms. The van der Waals surface area contributed by atoms with Gasteiger partial charge in [0, 0.05) is 6.07 Å². The summed E-state index contributed by atoms with van der Waals surface area (Å²) in [5.41, 5.74) is 5.30. The van der Waals surface area contributed by atoms with Crippen LogP contribution in [0.1, 0.15) is 0 Å². The Bertz CT molecular complexity index is 222. The Balaban J connectivity index is 0.000000354. The van der Waals surface area contributed by atoms with E-state index in [2.05, 4.69) is 9.97 Å². The quantitative estimate of drug-likeness (QED) is 0.713. The van der Waals surface area contributed by atoms with E-state index in [4.69, 9.17) is 33.7 Å². The van der Waals surface area contributed by atoms with Gasteiger partial charge in [-0.25, -0.2) is 9.97 Å². The summed E-state index contributed by atoms with van der Waals surface area (Å²) in [7, 11) is 1.53. The molecule has 1 heterocycles. The Labute approximate surface area is 80.7 Å². The lowest BCUT2D eigenvalue weighted by Crippen LogP contribution is -1.93. The zero-order valence-electron chi connectivity index (χ0n) is 6.50. The van der Waals surface area contributed by atoms with Gasteiger partial charge in [-0.15, -0.1) is 23.2 Å². The smallest absolute Gasteiger partial charge is 0.218 e. The van der Waals surface area contributed by atoms with Crippen LogP contribution in [0.4, 0.5) is 5.82 Å². The molecule has 0 bridgehead atoms. The fourth-order valence-electron chi connectivity index (χ4n) is 0.465. The summed E-state index contributed by atoms with van der Waals surface area (Å²) in [6.45, 7) is 0. The first-order chi connectivity index (χ1) is 5.74. The number of alkyl halides is 2. The summed E-state index contributed by atoms with van der Waals surface area (Å²) in [4.78, 5) is 7.42. The standard InChI is InChI=1S/C5H7N3O.CH2Cl2/c1-9-5-2-4(6)7-3-8-5;2-1-3/h2-3H,1H3,(H2,6,7,8);1H2. The van der Waals surface area contributed by atoms with Crippen LogP contribution < -0.4 is 10.5 Å². The lowest BCUT2D eigenvalue weighted by atomic mass is 10.6. The molecule has 0 amide bonds. The van der Waals surface area contributed by atoms with Crippen molar-refractivity contribution in [3.05, 3.63) is 12.4 Å². The number of nitrogen functional groups attached to an aromatic ring is 1. The van der Waals surface area contributed by atoms with Gasteiger partial charge in [-0.05, 0) is 0 Å². The zero-order chi connectivity index (χ0) is 9.40. The highest BCUT2D eigenvalue weighted by molar-refractivity contribution is 6.40. The van der Waals surface area contributed by atoms with E-state index in [0.717, 1.165) is 0 Å². The summed E-state index contributed by atoms with van der Waals surface area (Å²) in [6.07, 6.45) is 1.36. The van der Waals surface area contributed by atoms with E-state index >= 15 is 0 Å². The van der Waals surface area contributed by atoms with E-state index in [1.165, 1.54) is 13.4 Å². The van der Waals surface area contributed by atoms with Crippen molar-refractivity contribution in [2.24, 2.45) is 0 Å². The second-order valence-electron chi connectivity index (χ2n) is 1.59. The number of nitrogens with zero attached hydrogens (tertiary/aromatic N) is 2. The van der Waals surface area contributed by atoms with Crippen molar-refractivity contribution >= 4 is 29.0 Å². The number of rotatable bonds is 1. The van der Waals surface area contributed by atoms with Gasteiger partial charge in [0.05, 0.1) is 12.4 Å². The molecule has 12 heavy (non-hydrogen) atoms. The van der Waals surface area contributed by atoms with Crippen molar-refractivity contribution < 1.29 is 4.74 Å². The van der Waals surface area contributed by atoms with Crippen LogP contribution in [0, 0.1) is 0 Å². The van der Waals surface area contributed by atoms with E-state index < -0.39 is 0 Å². The molecule has 0 saturated carbocycles. The third kappa shape index (κ3) is 4.98. The van der Waals surface area contributed by atoms with Gasteiger partial charge in [0.15, 0.2) is 0 Å². The van der Waals surface area contributed by atoms with Crippen LogP contribution in [-0.2, 0) is 0 Å². The predicted octanol–water partition coefficient (Wildman–Crippen LogP) is 1.49. The van der Waals surface area contributed by atoms with Crippen molar-refractivity contribution in [1.29, 1.82) is 0 Å². The van der Waals surface area contributed by atoms with E-state index in [-0.39, 0.29) is 5.34 Å². The van der Waals surface area contributed by atoms with Crippen LogP contribution >= 0.6 is 23.2 Å². The number of ether oxygens (including phenoxy) is 1. The average molecular weight is 210 g/mol. The second kappa shape index (κ2) is 6.94.